The highest BCUT2D eigenvalue weighted by molar-refractivity contribution is 14.1. The molecule has 2 aromatic rings. The molecule has 0 radical (unpaired) electrons. The molecule has 1 aliphatic heterocycles. The largest absolute Gasteiger partial charge is 0.472 e. The van der Waals surface area contributed by atoms with E-state index >= 15 is 0 Å². The summed E-state index contributed by atoms with van der Waals surface area (Å²) in [5.74, 6) is 0.0314. The maximum Gasteiger partial charge on any atom is 0.414 e. The van der Waals surface area contributed by atoms with Crippen molar-refractivity contribution < 1.29 is 18.7 Å². The van der Waals surface area contributed by atoms with Gasteiger partial charge in [-0.25, -0.2) is 9.18 Å². The zero-order valence-electron chi connectivity index (χ0n) is 10.5. The van der Waals surface area contributed by atoms with Crippen LogP contribution in [0.1, 0.15) is 0 Å². The molecule has 1 aromatic heterocycles. The average molecular weight is 421 g/mol. The van der Waals surface area contributed by atoms with E-state index in [2.05, 4.69) is 8.75 Å². The number of cyclic esters (lactones) is 1. The van der Waals surface area contributed by atoms with E-state index in [9.17, 15) is 9.18 Å². The van der Waals surface area contributed by atoms with Crippen molar-refractivity contribution in [1.29, 1.82) is 0 Å². The van der Waals surface area contributed by atoms with Gasteiger partial charge in [-0.1, -0.05) is 0 Å². The summed E-state index contributed by atoms with van der Waals surface area (Å²) < 4.78 is 32.3. The Morgan fingerprint density at radius 2 is 2.43 bits per heavy atom. The van der Waals surface area contributed by atoms with Crippen molar-refractivity contribution in [3.8, 4) is 5.88 Å². The highest BCUT2D eigenvalue weighted by Gasteiger charge is 2.33. The number of hydrogen-bond acceptors (Lipinski definition) is 6. The van der Waals surface area contributed by atoms with Gasteiger partial charge in [0.25, 0.3) is 0 Å². The number of carbonyl (C=O) groups is 1. The molecule has 1 saturated heterocycles. The number of aromatic nitrogens is 2. The van der Waals surface area contributed by atoms with E-state index in [4.69, 9.17) is 9.47 Å². The summed E-state index contributed by atoms with van der Waals surface area (Å²) in [5, 5.41) is 0. The molecular formula is C12H9FIN3O3S. The Morgan fingerprint density at radius 1 is 1.57 bits per heavy atom. The monoisotopic (exact) mass is 421 g/mol. The fraction of sp³-hybridized carbons (Fsp3) is 0.250. The molecule has 0 N–H and O–H groups in total. The number of rotatable bonds is 4. The first-order valence-corrected chi connectivity index (χ1v) is 7.78. The van der Waals surface area contributed by atoms with Gasteiger partial charge in [0.2, 0.25) is 5.88 Å². The van der Waals surface area contributed by atoms with Gasteiger partial charge in [-0.3, -0.25) is 4.90 Å². The van der Waals surface area contributed by atoms with Gasteiger partial charge in [0.15, 0.2) is 6.10 Å². The molecule has 2 heterocycles. The number of anilines is 1. The number of hydrogen-bond donors (Lipinski definition) is 0. The molecule has 6 nitrogen and oxygen atoms in total. The lowest BCUT2D eigenvalue weighted by molar-refractivity contribution is 0.103. The van der Waals surface area contributed by atoms with E-state index in [0.717, 1.165) is 11.7 Å². The minimum absolute atomic E-state index is 0.181. The smallest absolute Gasteiger partial charge is 0.414 e. The van der Waals surface area contributed by atoms with Crippen LogP contribution in [0, 0.1) is 9.39 Å². The van der Waals surface area contributed by atoms with Gasteiger partial charge in [0.1, 0.15) is 18.6 Å². The SMILES string of the molecule is O=C1O[C@@H](COc2cnsn2)CN1c1ccc(I)c(F)c1. The fourth-order valence-electron chi connectivity index (χ4n) is 1.87. The third kappa shape index (κ3) is 3.23. The van der Waals surface area contributed by atoms with Crippen LogP contribution in [0.25, 0.3) is 0 Å². The molecule has 0 spiro atoms. The van der Waals surface area contributed by atoms with E-state index in [1.54, 1.807) is 12.1 Å². The summed E-state index contributed by atoms with van der Waals surface area (Å²) in [7, 11) is 0. The number of benzene rings is 1. The summed E-state index contributed by atoms with van der Waals surface area (Å²) >= 11 is 2.93. The lowest BCUT2D eigenvalue weighted by atomic mass is 10.2. The molecule has 110 valence electrons. The molecule has 21 heavy (non-hydrogen) atoms. The molecule has 1 fully saturated rings. The predicted octanol–water partition coefficient (Wildman–Crippen LogP) is 2.69. The third-order valence-corrected chi connectivity index (χ3v) is 4.18. The Bertz CT molecular complexity index is 655. The van der Waals surface area contributed by atoms with Crippen molar-refractivity contribution in [2.24, 2.45) is 0 Å². The van der Waals surface area contributed by atoms with Crippen LogP contribution in [-0.4, -0.2) is 34.1 Å². The molecule has 3 rings (SSSR count). The summed E-state index contributed by atoms with van der Waals surface area (Å²) in [5.41, 5.74) is 0.468. The summed E-state index contributed by atoms with van der Waals surface area (Å²) in [6.45, 7) is 0.483. The molecule has 0 saturated carbocycles. The van der Waals surface area contributed by atoms with Crippen molar-refractivity contribution in [1.82, 2.24) is 8.75 Å². The van der Waals surface area contributed by atoms with Gasteiger partial charge in [-0.15, -0.1) is 4.37 Å². The van der Waals surface area contributed by atoms with Crippen LogP contribution in [0.3, 0.4) is 0 Å². The number of halogens is 2. The Labute approximate surface area is 137 Å². The molecule has 1 aliphatic rings. The van der Waals surface area contributed by atoms with Crippen LogP contribution in [0.4, 0.5) is 14.9 Å². The van der Waals surface area contributed by atoms with Crippen molar-refractivity contribution in [3.63, 3.8) is 0 Å². The number of nitrogens with zero attached hydrogens (tertiary/aromatic N) is 3. The highest BCUT2D eigenvalue weighted by Crippen LogP contribution is 2.24. The Kier molecular flexibility index (Phi) is 4.19. The van der Waals surface area contributed by atoms with E-state index < -0.39 is 12.2 Å². The molecule has 0 bridgehead atoms. The first kappa shape index (κ1) is 14.4. The maximum absolute atomic E-state index is 13.6. The standard InChI is InChI=1S/C12H9FIN3O3S/c13-9-3-7(1-2-10(9)14)17-5-8(20-12(17)18)6-19-11-4-15-21-16-11/h1-4,8H,5-6H2/t8-/m1/s1. The zero-order chi connectivity index (χ0) is 14.8. The molecular weight excluding hydrogens is 412 g/mol. The Balaban J connectivity index is 1.65. The second-order valence-corrected chi connectivity index (χ2v) is 5.99. The number of amides is 1. The Hall–Kier alpha value is -1.49. The molecule has 1 amide bonds. The normalized spacial score (nSPS) is 17.9. The van der Waals surface area contributed by atoms with Crippen molar-refractivity contribution in [3.05, 3.63) is 33.8 Å². The summed E-state index contributed by atoms with van der Waals surface area (Å²) in [4.78, 5) is 13.2. The van der Waals surface area contributed by atoms with E-state index in [-0.39, 0.29) is 12.4 Å². The second-order valence-electron chi connectivity index (χ2n) is 4.27. The van der Waals surface area contributed by atoms with Crippen LogP contribution in [-0.2, 0) is 4.74 Å². The van der Waals surface area contributed by atoms with Crippen LogP contribution < -0.4 is 9.64 Å². The van der Waals surface area contributed by atoms with Gasteiger partial charge in [0, 0.05) is 3.57 Å². The van der Waals surface area contributed by atoms with Crippen LogP contribution in [0.15, 0.2) is 24.4 Å². The lowest BCUT2D eigenvalue weighted by Crippen LogP contribution is -2.26. The van der Waals surface area contributed by atoms with Crippen LogP contribution >= 0.6 is 34.3 Å². The highest BCUT2D eigenvalue weighted by atomic mass is 127. The van der Waals surface area contributed by atoms with Crippen molar-refractivity contribution in [2.45, 2.75) is 6.10 Å². The van der Waals surface area contributed by atoms with Crippen molar-refractivity contribution >= 4 is 46.1 Å². The van der Waals surface area contributed by atoms with E-state index in [0.29, 0.717) is 21.7 Å². The summed E-state index contributed by atoms with van der Waals surface area (Å²) in [6, 6.07) is 4.61. The summed E-state index contributed by atoms with van der Waals surface area (Å²) in [6.07, 6.45) is 0.551. The predicted molar refractivity (Wildman–Crippen MR) is 82.1 cm³/mol. The number of ether oxygens (including phenoxy) is 2. The van der Waals surface area contributed by atoms with Gasteiger partial charge < -0.3 is 9.47 Å². The van der Waals surface area contributed by atoms with E-state index in [1.807, 2.05) is 22.6 Å². The quantitative estimate of drug-likeness (QED) is 0.711. The first-order valence-electron chi connectivity index (χ1n) is 5.97. The zero-order valence-corrected chi connectivity index (χ0v) is 13.5. The second kappa shape index (κ2) is 6.10. The first-order chi connectivity index (χ1) is 10.1. The van der Waals surface area contributed by atoms with Crippen LogP contribution in [0.2, 0.25) is 0 Å². The molecule has 0 aliphatic carbocycles. The Morgan fingerprint density at radius 3 is 3.14 bits per heavy atom. The molecule has 0 unspecified atom stereocenters. The average Bonchev–Trinajstić information content (AvgIpc) is 3.09. The molecule has 9 heteroatoms. The number of carbonyl (C=O) groups excluding carboxylic acids is 1. The molecule has 1 aromatic carbocycles. The minimum Gasteiger partial charge on any atom is -0.472 e. The minimum atomic E-state index is -0.513. The van der Waals surface area contributed by atoms with Crippen LogP contribution in [0.5, 0.6) is 5.88 Å². The van der Waals surface area contributed by atoms with Crippen molar-refractivity contribution in [2.75, 3.05) is 18.1 Å². The molecule has 1 atom stereocenters. The van der Waals surface area contributed by atoms with E-state index in [1.165, 1.54) is 17.2 Å². The van der Waals surface area contributed by atoms with Gasteiger partial charge >= 0.3 is 6.09 Å². The van der Waals surface area contributed by atoms with Gasteiger partial charge in [0.05, 0.1) is 24.0 Å². The maximum atomic E-state index is 13.6. The third-order valence-electron chi connectivity index (χ3n) is 2.85. The van der Waals surface area contributed by atoms with Gasteiger partial charge in [-0.2, -0.15) is 4.37 Å². The lowest BCUT2D eigenvalue weighted by Gasteiger charge is -2.13. The van der Waals surface area contributed by atoms with Gasteiger partial charge in [-0.05, 0) is 40.8 Å². The fourth-order valence-corrected chi connectivity index (χ4v) is 2.57. The topological polar surface area (TPSA) is 64.5 Å².